The number of aryl methyl sites for hydroxylation is 1. The zero-order valence-electron chi connectivity index (χ0n) is 13.0. The molecular formula is C17H19N3O3. The number of methoxy groups -OCH3 is 1. The highest BCUT2D eigenvalue weighted by atomic mass is 16.5. The molecule has 0 fully saturated rings. The molecule has 23 heavy (non-hydrogen) atoms. The smallest absolute Gasteiger partial charge is 0.259 e. The van der Waals surface area contributed by atoms with Gasteiger partial charge >= 0.3 is 0 Å². The lowest BCUT2D eigenvalue weighted by Crippen LogP contribution is -2.25. The third-order valence-electron chi connectivity index (χ3n) is 3.08. The quantitative estimate of drug-likeness (QED) is 0.564. The summed E-state index contributed by atoms with van der Waals surface area (Å²) in [5, 5.41) is 16.4. The third-order valence-corrected chi connectivity index (χ3v) is 3.08. The summed E-state index contributed by atoms with van der Waals surface area (Å²) in [7, 11) is 1.47. The van der Waals surface area contributed by atoms with Crippen LogP contribution in [-0.4, -0.2) is 30.9 Å². The van der Waals surface area contributed by atoms with E-state index in [1.165, 1.54) is 19.4 Å². The van der Waals surface area contributed by atoms with Gasteiger partial charge in [-0.3, -0.25) is 4.79 Å². The lowest BCUT2D eigenvalue weighted by atomic mass is 10.2. The Morgan fingerprint density at radius 3 is 2.87 bits per heavy atom. The van der Waals surface area contributed by atoms with Gasteiger partial charge in [0.15, 0.2) is 11.5 Å². The number of nitrogens with one attached hydrogen (secondary N) is 2. The molecule has 0 unspecified atom stereocenters. The standard InChI is InChI=1S/C17H19N3O3/c1-12-4-3-5-14(8-12)18-11-17(22)20-19-10-13-6-7-15(21)16(9-13)23-2/h3-10,18,21H,11H2,1-2H3,(H,20,22). The molecule has 2 aromatic rings. The first-order valence-corrected chi connectivity index (χ1v) is 7.08. The highest BCUT2D eigenvalue weighted by molar-refractivity contribution is 5.84. The summed E-state index contributed by atoms with van der Waals surface area (Å²) in [6.45, 7) is 2.11. The number of amides is 1. The Kier molecular flexibility index (Phi) is 5.57. The van der Waals surface area contributed by atoms with Gasteiger partial charge in [0.25, 0.3) is 5.91 Å². The summed E-state index contributed by atoms with van der Waals surface area (Å²) in [6.07, 6.45) is 1.48. The molecule has 3 N–H and O–H groups in total. The fourth-order valence-corrected chi connectivity index (χ4v) is 1.93. The second kappa shape index (κ2) is 7.84. The maximum Gasteiger partial charge on any atom is 0.259 e. The van der Waals surface area contributed by atoms with Crippen LogP contribution in [0.4, 0.5) is 5.69 Å². The molecule has 0 aliphatic carbocycles. The van der Waals surface area contributed by atoms with Crippen molar-refractivity contribution in [1.29, 1.82) is 0 Å². The predicted molar refractivity (Wildman–Crippen MR) is 90.1 cm³/mol. The van der Waals surface area contributed by atoms with Gasteiger partial charge in [0.1, 0.15) is 0 Å². The van der Waals surface area contributed by atoms with Crippen LogP contribution in [0.5, 0.6) is 11.5 Å². The Balaban J connectivity index is 1.84. The van der Waals surface area contributed by atoms with Crippen LogP contribution in [0, 0.1) is 6.92 Å². The number of rotatable bonds is 6. The zero-order valence-corrected chi connectivity index (χ0v) is 13.0. The van der Waals surface area contributed by atoms with Crippen LogP contribution < -0.4 is 15.5 Å². The Morgan fingerprint density at radius 1 is 1.30 bits per heavy atom. The number of hydrazone groups is 1. The van der Waals surface area contributed by atoms with Crippen molar-refractivity contribution < 1.29 is 14.6 Å². The fourth-order valence-electron chi connectivity index (χ4n) is 1.93. The minimum absolute atomic E-state index is 0.0519. The summed E-state index contributed by atoms with van der Waals surface area (Å²) in [5.41, 5.74) is 5.14. The molecule has 0 aliphatic heterocycles. The normalized spacial score (nSPS) is 10.5. The van der Waals surface area contributed by atoms with E-state index in [1.807, 2.05) is 31.2 Å². The van der Waals surface area contributed by atoms with E-state index in [9.17, 15) is 9.90 Å². The zero-order chi connectivity index (χ0) is 16.7. The maximum absolute atomic E-state index is 11.7. The molecule has 0 saturated heterocycles. The Hall–Kier alpha value is -3.02. The van der Waals surface area contributed by atoms with Crippen LogP contribution in [0.1, 0.15) is 11.1 Å². The van der Waals surface area contributed by atoms with Gasteiger partial charge in [0, 0.05) is 5.69 Å². The van der Waals surface area contributed by atoms with Gasteiger partial charge in [-0.2, -0.15) is 5.10 Å². The molecule has 0 heterocycles. The lowest BCUT2D eigenvalue weighted by Gasteiger charge is -2.06. The third kappa shape index (κ3) is 5.03. The van der Waals surface area contributed by atoms with Crippen LogP contribution in [-0.2, 0) is 4.79 Å². The van der Waals surface area contributed by atoms with E-state index < -0.39 is 0 Å². The average molecular weight is 313 g/mol. The van der Waals surface area contributed by atoms with E-state index in [0.29, 0.717) is 11.3 Å². The SMILES string of the molecule is COc1cc(C=NNC(=O)CNc2cccc(C)c2)ccc1O. The molecule has 0 spiro atoms. The number of hydrogen-bond donors (Lipinski definition) is 3. The molecule has 120 valence electrons. The monoisotopic (exact) mass is 313 g/mol. The van der Waals surface area contributed by atoms with E-state index in [0.717, 1.165) is 11.3 Å². The first-order valence-electron chi connectivity index (χ1n) is 7.08. The maximum atomic E-state index is 11.7. The molecule has 6 nitrogen and oxygen atoms in total. The molecule has 0 bridgehead atoms. The second-order valence-corrected chi connectivity index (χ2v) is 4.95. The number of phenolic OH excluding ortho intramolecular Hbond substituents is 1. The minimum Gasteiger partial charge on any atom is -0.504 e. The predicted octanol–water partition coefficient (Wildman–Crippen LogP) is 2.27. The number of anilines is 1. The van der Waals surface area contributed by atoms with Gasteiger partial charge < -0.3 is 15.2 Å². The van der Waals surface area contributed by atoms with Gasteiger partial charge in [-0.1, -0.05) is 12.1 Å². The summed E-state index contributed by atoms with van der Waals surface area (Å²) >= 11 is 0. The highest BCUT2D eigenvalue weighted by Crippen LogP contribution is 2.25. The molecule has 1 amide bonds. The number of hydrogen-bond acceptors (Lipinski definition) is 5. The number of nitrogens with zero attached hydrogens (tertiary/aromatic N) is 1. The second-order valence-electron chi connectivity index (χ2n) is 4.95. The number of aromatic hydroxyl groups is 1. The van der Waals surface area contributed by atoms with Crippen molar-refractivity contribution in [3.05, 3.63) is 53.6 Å². The van der Waals surface area contributed by atoms with E-state index in [4.69, 9.17) is 4.74 Å². The van der Waals surface area contributed by atoms with Crippen molar-refractivity contribution in [2.75, 3.05) is 19.0 Å². The number of ether oxygens (including phenoxy) is 1. The molecule has 2 rings (SSSR count). The Labute approximate surface area is 134 Å². The number of phenols is 1. The Bertz CT molecular complexity index is 714. The highest BCUT2D eigenvalue weighted by Gasteiger charge is 2.02. The van der Waals surface area contributed by atoms with Crippen molar-refractivity contribution in [2.45, 2.75) is 6.92 Å². The molecule has 0 aliphatic rings. The first-order chi connectivity index (χ1) is 11.1. The van der Waals surface area contributed by atoms with Crippen LogP contribution >= 0.6 is 0 Å². The van der Waals surface area contributed by atoms with Crippen molar-refractivity contribution in [3.63, 3.8) is 0 Å². The van der Waals surface area contributed by atoms with Crippen molar-refractivity contribution in [1.82, 2.24) is 5.43 Å². The van der Waals surface area contributed by atoms with Crippen LogP contribution in [0.3, 0.4) is 0 Å². The first kappa shape index (κ1) is 16.4. The summed E-state index contributed by atoms with van der Waals surface area (Å²) in [4.78, 5) is 11.7. The topological polar surface area (TPSA) is 83.0 Å². The number of carbonyl (C=O) groups is 1. The van der Waals surface area contributed by atoms with Crippen molar-refractivity contribution in [3.8, 4) is 11.5 Å². The van der Waals surface area contributed by atoms with Gasteiger partial charge in [0.05, 0.1) is 19.9 Å². The lowest BCUT2D eigenvalue weighted by molar-refractivity contribution is -0.119. The average Bonchev–Trinajstić information content (AvgIpc) is 2.54. The molecule has 0 aromatic heterocycles. The largest absolute Gasteiger partial charge is 0.504 e. The van der Waals surface area contributed by atoms with Gasteiger partial charge in [-0.25, -0.2) is 5.43 Å². The minimum atomic E-state index is -0.256. The van der Waals surface area contributed by atoms with E-state index in [-0.39, 0.29) is 18.2 Å². The van der Waals surface area contributed by atoms with Crippen LogP contribution in [0.25, 0.3) is 0 Å². The molecule has 0 atom stereocenters. The molecule has 0 saturated carbocycles. The fraction of sp³-hybridized carbons (Fsp3) is 0.176. The summed E-state index contributed by atoms with van der Waals surface area (Å²) in [5.74, 6) is 0.144. The van der Waals surface area contributed by atoms with Gasteiger partial charge in [-0.15, -0.1) is 0 Å². The van der Waals surface area contributed by atoms with Crippen molar-refractivity contribution in [2.24, 2.45) is 5.10 Å². The summed E-state index contributed by atoms with van der Waals surface area (Å²) < 4.78 is 5.00. The molecule has 6 heteroatoms. The van der Waals surface area contributed by atoms with Crippen LogP contribution in [0.15, 0.2) is 47.6 Å². The van der Waals surface area contributed by atoms with Crippen molar-refractivity contribution >= 4 is 17.8 Å². The van der Waals surface area contributed by atoms with E-state index in [1.54, 1.807) is 12.1 Å². The number of benzene rings is 2. The van der Waals surface area contributed by atoms with Crippen LogP contribution in [0.2, 0.25) is 0 Å². The Morgan fingerprint density at radius 2 is 2.13 bits per heavy atom. The molecular weight excluding hydrogens is 294 g/mol. The number of carbonyl (C=O) groups excluding carboxylic acids is 1. The summed E-state index contributed by atoms with van der Waals surface area (Å²) in [6, 6.07) is 12.6. The van der Waals surface area contributed by atoms with Gasteiger partial charge in [0.2, 0.25) is 0 Å². The van der Waals surface area contributed by atoms with E-state index >= 15 is 0 Å². The molecule has 2 aromatic carbocycles. The van der Waals surface area contributed by atoms with Gasteiger partial charge in [-0.05, 0) is 48.4 Å². The molecule has 0 radical (unpaired) electrons. The van der Waals surface area contributed by atoms with E-state index in [2.05, 4.69) is 15.8 Å².